The summed E-state index contributed by atoms with van der Waals surface area (Å²) in [5.41, 5.74) is 1.21. The summed E-state index contributed by atoms with van der Waals surface area (Å²) in [4.78, 5) is 4.07. The maximum atomic E-state index is 4.41. The molecule has 0 aromatic carbocycles. The molecule has 0 saturated heterocycles. The Kier molecular flexibility index (Phi) is 2.20. The largest absolute Gasteiger partial charge is 0.312 e. The maximum absolute atomic E-state index is 4.41. The van der Waals surface area contributed by atoms with Gasteiger partial charge in [0, 0.05) is 31.4 Å². The molecule has 1 N–H and O–H groups in total. The average molecular weight is 241 g/mol. The van der Waals surface area contributed by atoms with Gasteiger partial charge >= 0.3 is 0 Å². The quantitative estimate of drug-likeness (QED) is 0.859. The third kappa shape index (κ3) is 1.54. The molecule has 18 heavy (non-hydrogen) atoms. The SMILES string of the molecule is c1cc(C2NCCn3c(C4CC4)nnc32)ccn1. The number of nitrogens with zero attached hydrogens (tertiary/aromatic N) is 4. The Morgan fingerprint density at radius 1 is 1.11 bits per heavy atom. The van der Waals surface area contributed by atoms with Gasteiger partial charge in [0.25, 0.3) is 0 Å². The third-order valence-electron chi connectivity index (χ3n) is 3.73. The number of fused-ring (bicyclic) bond motifs is 1. The molecule has 1 atom stereocenters. The van der Waals surface area contributed by atoms with Crippen LogP contribution in [0, 0.1) is 0 Å². The van der Waals surface area contributed by atoms with Crippen LogP contribution in [0.3, 0.4) is 0 Å². The lowest BCUT2D eigenvalue weighted by Crippen LogP contribution is -2.34. The first-order valence-corrected chi connectivity index (χ1v) is 6.50. The van der Waals surface area contributed by atoms with E-state index in [2.05, 4.69) is 25.1 Å². The van der Waals surface area contributed by atoms with Crippen LogP contribution >= 0.6 is 0 Å². The van der Waals surface area contributed by atoms with Crippen LogP contribution in [0.25, 0.3) is 0 Å². The molecular formula is C13H15N5. The van der Waals surface area contributed by atoms with E-state index in [4.69, 9.17) is 0 Å². The van der Waals surface area contributed by atoms with Crippen LogP contribution < -0.4 is 5.32 Å². The molecule has 1 aliphatic carbocycles. The maximum Gasteiger partial charge on any atom is 0.154 e. The Morgan fingerprint density at radius 3 is 2.67 bits per heavy atom. The monoisotopic (exact) mass is 241 g/mol. The predicted molar refractivity (Wildman–Crippen MR) is 66.1 cm³/mol. The first-order chi connectivity index (χ1) is 8.93. The molecule has 5 heteroatoms. The zero-order valence-corrected chi connectivity index (χ0v) is 10.1. The molecule has 1 aliphatic heterocycles. The Hall–Kier alpha value is -1.75. The van der Waals surface area contributed by atoms with Gasteiger partial charge in [0.05, 0.1) is 6.04 Å². The molecule has 92 valence electrons. The van der Waals surface area contributed by atoms with Crippen molar-refractivity contribution in [2.24, 2.45) is 0 Å². The van der Waals surface area contributed by atoms with E-state index >= 15 is 0 Å². The molecule has 0 bridgehead atoms. The van der Waals surface area contributed by atoms with Crippen LogP contribution in [0.1, 0.15) is 42.0 Å². The average Bonchev–Trinajstić information content (AvgIpc) is 3.19. The summed E-state index contributed by atoms with van der Waals surface area (Å²) >= 11 is 0. The highest BCUT2D eigenvalue weighted by molar-refractivity contribution is 5.25. The van der Waals surface area contributed by atoms with Crippen LogP contribution in [0.15, 0.2) is 24.5 Å². The molecule has 2 aromatic heterocycles. The van der Waals surface area contributed by atoms with Crippen LogP contribution in [0.4, 0.5) is 0 Å². The first-order valence-electron chi connectivity index (χ1n) is 6.50. The number of hydrogen-bond donors (Lipinski definition) is 1. The topological polar surface area (TPSA) is 55.6 Å². The van der Waals surface area contributed by atoms with Gasteiger partial charge in [0.2, 0.25) is 0 Å². The Bertz CT molecular complexity index is 558. The smallest absolute Gasteiger partial charge is 0.154 e. The van der Waals surface area contributed by atoms with Crippen molar-refractivity contribution in [1.82, 2.24) is 25.1 Å². The molecule has 1 fully saturated rings. The van der Waals surface area contributed by atoms with E-state index in [0.717, 1.165) is 18.9 Å². The van der Waals surface area contributed by atoms with Gasteiger partial charge in [0.1, 0.15) is 5.82 Å². The summed E-state index contributed by atoms with van der Waals surface area (Å²) in [6.07, 6.45) is 6.19. The van der Waals surface area contributed by atoms with E-state index in [-0.39, 0.29) is 6.04 Å². The van der Waals surface area contributed by atoms with Gasteiger partial charge < -0.3 is 9.88 Å². The van der Waals surface area contributed by atoms with Crippen molar-refractivity contribution in [1.29, 1.82) is 0 Å². The van der Waals surface area contributed by atoms with Crippen molar-refractivity contribution in [3.8, 4) is 0 Å². The minimum atomic E-state index is 0.154. The fourth-order valence-corrected chi connectivity index (χ4v) is 2.65. The zero-order chi connectivity index (χ0) is 11.9. The lowest BCUT2D eigenvalue weighted by Gasteiger charge is -2.25. The van der Waals surface area contributed by atoms with Gasteiger partial charge in [0.15, 0.2) is 5.82 Å². The van der Waals surface area contributed by atoms with E-state index < -0.39 is 0 Å². The van der Waals surface area contributed by atoms with Crippen molar-refractivity contribution < 1.29 is 0 Å². The molecule has 3 heterocycles. The fraction of sp³-hybridized carbons (Fsp3) is 0.462. The summed E-state index contributed by atoms with van der Waals surface area (Å²) in [6, 6.07) is 4.24. The highest BCUT2D eigenvalue weighted by Gasteiger charge is 2.33. The lowest BCUT2D eigenvalue weighted by molar-refractivity contribution is 0.447. The van der Waals surface area contributed by atoms with E-state index in [0.29, 0.717) is 5.92 Å². The van der Waals surface area contributed by atoms with Crippen molar-refractivity contribution >= 4 is 0 Å². The van der Waals surface area contributed by atoms with Gasteiger partial charge in [-0.05, 0) is 30.5 Å². The van der Waals surface area contributed by atoms with Gasteiger partial charge in [-0.25, -0.2) is 0 Å². The van der Waals surface area contributed by atoms with E-state index in [1.54, 1.807) is 0 Å². The molecule has 1 saturated carbocycles. The van der Waals surface area contributed by atoms with Crippen molar-refractivity contribution in [3.05, 3.63) is 41.7 Å². The van der Waals surface area contributed by atoms with Crippen molar-refractivity contribution in [3.63, 3.8) is 0 Å². The van der Waals surface area contributed by atoms with Crippen molar-refractivity contribution in [2.75, 3.05) is 6.54 Å². The van der Waals surface area contributed by atoms with E-state index in [9.17, 15) is 0 Å². The molecule has 1 unspecified atom stereocenters. The second-order valence-corrected chi connectivity index (χ2v) is 5.01. The molecule has 2 aliphatic rings. The minimum Gasteiger partial charge on any atom is -0.312 e. The van der Waals surface area contributed by atoms with Gasteiger partial charge in [-0.2, -0.15) is 0 Å². The zero-order valence-electron chi connectivity index (χ0n) is 10.1. The van der Waals surface area contributed by atoms with Crippen LogP contribution in [-0.2, 0) is 6.54 Å². The molecule has 4 rings (SSSR count). The Morgan fingerprint density at radius 2 is 1.89 bits per heavy atom. The summed E-state index contributed by atoms with van der Waals surface area (Å²) in [7, 11) is 0. The molecule has 0 amide bonds. The van der Waals surface area contributed by atoms with Crippen LogP contribution in [0.2, 0.25) is 0 Å². The molecule has 2 aromatic rings. The van der Waals surface area contributed by atoms with Gasteiger partial charge in [-0.15, -0.1) is 10.2 Å². The van der Waals surface area contributed by atoms with E-state index in [1.165, 1.54) is 24.2 Å². The second-order valence-electron chi connectivity index (χ2n) is 5.01. The molecule has 5 nitrogen and oxygen atoms in total. The number of aromatic nitrogens is 4. The highest BCUT2D eigenvalue weighted by atomic mass is 15.3. The number of pyridine rings is 1. The van der Waals surface area contributed by atoms with E-state index in [1.807, 2.05) is 24.5 Å². The number of rotatable bonds is 2. The first kappa shape index (κ1) is 10.2. The molecular weight excluding hydrogens is 226 g/mol. The van der Waals surface area contributed by atoms with Gasteiger partial charge in [-0.3, -0.25) is 4.98 Å². The second kappa shape index (κ2) is 3.88. The summed E-state index contributed by atoms with van der Waals surface area (Å²) in [5, 5.41) is 12.3. The van der Waals surface area contributed by atoms with Gasteiger partial charge in [-0.1, -0.05) is 0 Å². The Balaban J connectivity index is 1.76. The Labute approximate surface area is 105 Å². The molecule has 0 radical (unpaired) electrons. The predicted octanol–water partition coefficient (Wildman–Crippen LogP) is 1.24. The summed E-state index contributed by atoms with van der Waals surface area (Å²) in [5.74, 6) is 2.89. The third-order valence-corrected chi connectivity index (χ3v) is 3.73. The van der Waals surface area contributed by atoms with Crippen molar-refractivity contribution in [2.45, 2.75) is 31.3 Å². The van der Waals surface area contributed by atoms with Crippen LogP contribution in [-0.4, -0.2) is 26.3 Å². The van der Waals surface area contributed by atoms with Crippen LogP contribution in [0.5, 0.6) is 0 Å². The molecule has 0 spiro atoms. The normalized spacial score (nSPS) is 22.8. The minimum absolute atomic E-state index is 0.154. The summed E-state index contributed by atoms with van der Waals surface area (Å²) in [6.45, 7) is 1.95. The fourth-order valence-electron chi connectivity index (χ4n) is 2.65. The lowest BCUT2D eigenvalue weighted by atomic mass is 10.1. The standard InChI is InChI=1S/C13H15N5/c1-2-10(1)12-16-17-13-11(15-7-8-18(12)13)9-3-5-14-6-4-9/h3-6,10-11,15H,1-2,7-8H2. The number of nitrogens with one attached hydrogen (secondary N) is 1. The number of hydrogen-bond acceptors (Lipinski definition) is 4. The summed E-state index contributed by atoms with van der Waals surface area (Å²) < 4.78 is 2.30. The highest BCUT2D eigenvalue weighted by Crippen LogP contribution is 2.40.